The molecule has 0 amide bonds. The molecule has 0 radical (unpaired) electrons. The first-order chi connectivity index (χ1) is 9.29. The third-order valence-electron chi connectivity index (χ3n) is 2.65. The molecule has 0 fully saturated rings. The molecule has 2 N–H and O–H groups in total. The first-order valence-corrected chi connectivity index (χ1v) is 7.96. The predicted octanol–water partition coefficient (Wildman–Crippen LogP) is 3.28. The van der Waals surface area contributed by atoms with Crippen LogP contribution in [0.1, 0.15) is 5.56 Å². The average molecular weight is 362 g/mol. The summed E-state index contributed by atoms with van der Waals surface area (Å²) in [7, 11) is -3.98. The SMILES string of the molecule is Nc1ccc(S(=O)(=O)Cc2ccc(Br)cc2F)c(F)c1. The van der Waals surface area contributed by atoms with E-state index in [-0.39, 0.29) is 11.3 Å². The van der Waals surface area contributed by atoms with E-state index in [1.54, 1.807) is 0 Å². The zero-order valence-electron chi connectivity index (χ0n) is 10.1. The maximum Gasteiger partial charge on any atom is 0.185 e. The lowest BCUT2D eigenvalue weighted by atomic mass is 10.2. The van der Waals surface area contributed by atoms with E-state index in [1.165, 1.54) is 18.2 Å². The Morgan fingerprint density at radius 2 is 1.75 bits per heavy atom. The molecule has 0 saturated heterocycles. The molecule has 0 spiro atoms. The van der Waals surface area contributed by atoms with Gasteiger partial charge in [-0.05, 0) is 30.3 Å². The highest BCUT2D eigenvalue weighted by atomic mass is 79.9. The van der Waals surface area contributed by atoms with Gasteiger partial charge in [0.2, 0.25) is 0 Å². The zero-order chi connectivity index (χ0) is 14.9. The van der Waals surface area contributed by atoms with Crippen LogP contribution >= 0.6 is 15.9 Å². The van der Waals surface area contributed by atoms with E-state index < -0.39 is 32.1 Å². The second-order valence-electron chi connectivity index (χ2n) is 4.18. The van der Waals surface area contributed by atoms with Crippen LogP contribution in [0.5, 0.6) is 0 Å². The summed E-state index contributed by atoms with van der Waals surface area (Å²) in [4.78, 5) is -0.492. The summed E-state index contributed by atoms with van der Waals surface area (Å²) in [5.41, 5.74) is 5.46. The van der Waals surface area contributed by atoms with Gasteiger partial charge in [-0.3, -0.25) is 0 Å². The van der Waals surface area contributed by atoms with Crippen molar-refractivity contribution in [2.24, 2.45) is 0 Å². The van der Waals surface area contributed by atoms with Crippen LogP contribution < -0.4 is 5.73 Å². The number of halogens is 3. The lowest BCUT2D eigenvalue weighted by Gasteiger charge is -2.07. The van der Waals surface area contributed by atoms with E-state index in [1.807, 2.05) is 0 Å². The highest BCUT2D eigenvalue weighted by Gasteiger charge is 2.21. The number of hydrogen-bond acceptors (Lipinski definition) is 3. The number of sulfone groups is 1. The minimum atomic E-state index is -3.98. The number of nitrogens with two attached hydrogens (primary N) is 1. The van der Waals surface area contributed by atoms with Crippen LogP contribution in [0.3, 0.4) is 0 Å². The van der Waals surface area contributed by atoms with E-state index in [0.717, 1.165) is 18.2 Å². The molecule has 0 aliphatic carbocycles. The molecule has 2 rings (SSSR count). The summed E-state index contributed by atoms with van der Waals surface area (Å²) in [5.74, 6) is -2.23. The number of nitrogen functional groups attached to an aromatic ring is 1. The highest BCUT2D eigenvalue weighted by Crippen LogP contribution is 2.24. The summed E-state index contributed by atoms with van der Waals surface area (Å²) in [6.07, 6.45) is 0. The van der Waals surface area contributed by atoms with Gasteiger partial charge in [0.15, 0.2) is 9.84 Å². The standard InChI is InChI=1S/C13H10BrF2NO2S/c14-9-2-1-8(11(15)5-9)7-20(18,19)13-4-3-10(17)6-12(13)16/h1-6H,7,17H2. The quantitative estimate of drug-likeness (QED) is 0.853. The van der Waals surface area contributed by atoms with Gasteiger partial charge >= 0.3 is 0 Å². The van der Waals surface area contributed by atoms with E-state index in [2.05, 4.69) is 15.9 Å². The van der Waals surface area contributed by atoms with Gasteiger partial charge in [-0.1, -0.05) is 22.0 Å². The average Bonchev–Trinajstić information content (AvgIpc) is 2.32. The van der Waals surface area contributed by atoms with Gasteiger partial charge in [0.25, 0.3) is 0 Å². The molecule has 3 nitrogen and oxygen atoms in total. The Hall–Kier alpha value is -1.47. The first kappa shape index (κ1) is 14.9. The number of rotatable bonds is 3. The van der Waals surface area contributed by atoms with Crippen molar-refractivity contribution in [2.45, 2.75) is 10.6 Å². The molecular weight excluding hydrogens is 352 g/mol. The molecule has 2 aromatic rings. The smallest absolute Gasteiger partial charge is 0.185 e. The molecule has 0 saturated carbocycles. The van der Waals surface area contributed by atoms with Crippen molar-refractivity contribution in [3.8, 4) is 0 Å². The van der Waals surface area contributed by atoms with Gasteiger partial charge in [-0.2, -0.15) is 0 Å². The van der Waals surface area contributed by atoms with Gasteiger partial charge in [0.05, 0.1) is 5.75 Å². The van der Waals surface area contributed by atoms with Crippen molar-refractivity contribution in [2.75, 3.05) is 5.73 Å². The van der Waals surface area contributed by atoms with E-state index in [9.17, 15) is 17.2 Å². The maximum atomic E-state index is 13.7. The number of anilines is 1. The van der Waals surface area contributed by atoms with Crippen LogP contribution in [0, 0.1) is 11.6 Å². The van der Waals surface area contributed by atoms with Gasteiger partial charge < -0.3 is 5.73 Å². The lowest BCUT2D eigenvalue weighted by Crippen LogP contribution is -2.09. The Labute approximate surface area is 123 Å². The molecule has 0 aliphatic heterocycles. The minimum Gasteiger partial charge on any atom is -0.399 e. The summed E-state index contributed by atoms with van der Waals surface area (Å²) < 4.78 is 52.0. The fraction of sp³-hybridized carbons (Fsp3) is 0.0769. The Morgan fingerprint density at radius 3 is 2.35 bits per heavy atom. The van der Waals surface area contributed by atoms with Crippen LogP contribution in [-0.4, -0.2) is 8.42 Å². The van der Waals surface area contributed by atoms with Gasteiger partial charge in [0.1, 0.15) is 16.5 Å². The third kappa shape index (κ3) is 3.16. The molecule has 0 aliphatic rings. The Morgan fingerprint density at radius 1 is 1.05 bits per heavy atom. The van der Waals surface area contributed by atoms with Crippen LogP contribution in [0.15, 0.2) is 45.8 Å². The molecule has 0 heterocycles. The van der Waals surface area contributed by atoms with Crippen molar-refractivity contribution in [3.63, 3.8) is 0 Å². The summed E-state index contributed by atoms with van der Waals surface area (Å²) in [6.45, 7) is 0. The van der Waals surface area contributed by atoms with Crippen molar-refractivity contribution >= 4 is 31.5 Å². The van der Waals surface area contributed by atoms with Crippen LogP contribution in [-0.2, 0) is 15.6 Å². The van der Waals surface area contributed by atoms with Gasteiger partial charge in [-0.25, -0.2) is 17.2 Å². The molecular formula is C13H10BrF2NO2S. The van der Waals surface area contributed by atoms with Crippen molar-refractivity contribution in [1.82, 2.24) is 0 Å². The van der Waals surface area contributed by atoms with E-state index in [4.69, 9.17) is 5.73 Å². The van der Waals surface area contributed by atoms with Crippen LogP contribution in [0.4, 0.5) is 14.5 Å². The number of hydrogen-bond donors (Lipinski definition) is 1. The Balaban J connectivity index is 2.41. The predicted molar refractivity (Wildman–Crippen MR) is 75.8 cm³/mol. The largest absolute Gasteiger partial charge is 0.399 e. The summed E-state index contributed by atoms with van der Waals surface area (Å²) in [5, 5.41) is 0. The topological polar surface area (TPSA) is 60.2 Å². The first-order valence-electron chi connectivity index (χ1n) is 5.51. The Bertz CT molecular complexity index is 763. The summed E-state index contributed by atoms with van der Waals surface area (Å²) >= 11 is 3.08. The minimum absolute atomic E-state index is 0.0237. The van der Waals surface area contributed by atoms with E-state index in [0.29, 0.717) is 4.47 Å². The molecule has 0 atom stereocenters. The molecule has 0 aromatic heterocycles. The molecule has 2 aromatic carbocycles. The van der Waals surface area contributed by atoms with Gasteiger partial charge in [-0.15, -0.1) is 0 Å². The van der Waals surface area contributed by atoms with Crippen molar-refractivity contribution in [1.29, 1.82) is 0 Å². The van der Waals surface area contributed by atoms with Crippen molar-refractivity contribution in [3.05, 3.63) is 58.1 Å². The normalized spacial score (nSPS) is 11.6. The fourth-order valence-corrected chi connectivity index (χ4v) is 3.45. The Kier molecular flexibility index (Phi) is 4.10. The molecule has 106 valence electrons. The lowest BCUT2D eigenvalue weighted by molar-refractivity contribution is 0.563. The fourth-order valence-electron chi connectivity index (χ4n) is 1.69. The van der Waals surface area contributed by atoms with E-state index >= 15 is 0 Å². The monoisotopic (exact) mass is 361 g/mol. The summed E-state index contributed by atoms with van der Waals surface area (Å²) in [6, 6.07) is 7.30. The molecule has 7 heteroatoms. The van der Waals surface area contributed by atoms with Gasteiger partial charge in [0, 0.05) is 15.7 Å². The second-order valence-corrected chi connectivity index (χ2v) is 7.06. The highest BCUT2D eigenvalue weighted by molar-refractivity contribution is 9.10. The molecule has 20 heavy (non-hydrogen) atoms. The maximum absolute atomic E-state index is 13.7. The molecule has 0 bridgehead atoms. The van der Waals surface area contributed by atoms with Crippen LogP contribution in [0.25, 0.3) is 0 Å². The molecule has 0 unspecified atom stereocenters. The van der Waals surface area contributed by atoms with Crippen LogP contribution in [0.2, 0.25) is 0 Å². The second kappa shape index (κ2) is 5.49. The third-order valence-corrected chi connectivity index (χ3v) is 4.84. The number of benzene rings is 2. The van der Waals surface area contributed by atoms with Crippen molar-refractivity contribution < 1.29 is 17.2 Å². The zero-order valence-corrected chi connectivity index (χ0v) is 12.5.